The number of hydrogen-bond acceptors (Lipinski definition) is 5. The summed E-state index contributed by atoms with van der Waals surface area (Å²) in [5, 5.41) is 19.8. The number of hydrogen-bond donors (Lipinski definition) is 3. The Morgan fingerprint density at radius 3 is 2.75 bits per heavy atom. The average molecular weight is 349 g/mol. The number of aliphatic hydroxyl groups is 1. The maximum atomic E-state index is 12.6. The molecule has 2 aliphatic heterocycles. The molecular weight excluding hydrogens is 336 g/mol. The number of urea groups is 1. The molecule has 2 unspecified atom stereocenters. The van der Waals surface area contributed by atoms with E-state index in [2.05, 4.69) is 10.4 Å². The number of amides is 4. The lowest BCUT2D eigenvalue weighted by Gasteiger charge is -2.25. The van der Waals surface area contributed by atoms with Gasteiger partial charge in [0.2, 0.25) is 5.91 Å². The van der Waals surface area contributed by atoms with E-state index in [4.69, 9.17) is 11.6 Å². The smallest absolute Gasteiger partial charge is 0.323 e. The zero-order chi connectivity index (χ0) is 17.4. The van der Waals surface area contributed by atoms with Crippen molar-refractivity contribution in [3.8, 4) is 0 Å². The number of aliphatic hydroxyl groups excluding tert-OH is 1. The molecule has 124 valence electrons. The molecule has 24 heavy (non-hydrogen) atoms. The van der Waals surface area contributed by atoms with Crippen molar-refractivity contribution in [3.05, 3.63) is 40.9 Å². The number of nitrogens with one attached hydrogen (secondary N) is 2. The highest BCUT2D eigenvalue weighted by Gasteiger charge is 2.36. The zero-order valence-electron chi connectivity index (χ0n) is 12.5. The molecule has 3 rings (SSSR count). The third-order valence-electron chi connectivity index (χ3n) is 3.62. The summed E-state index contributed by atoms with van der Waals surface area (Å²) in [5.41, 5.74) is 1.04. The van der Waals surface area contributed by atoms with Crippen molar-refractivity contribution < 1.29 is 19.5 Å². The molecule has 8 nitrogen and oxygen atoms in total. The van der Waals surface area contributed by atoms with Crippen LogP contribution in [0.15, 0.2) is 41.0 Å². The van der Waals surface area contributed by atoms with Crippen molar-refractivity contribution in [1.82, 2.24) is 10.6 Å². The Morgan fingerprint density at radius 2 is 2.08 bits per heavy atom. The minimum absolute atomic E-state index is 0.172. The van der Waals surface area contributed by atoms with Crippen molar-refractivity contribution in [2.45, 2.75) is 13.2 Å². The summed E-state index contributed by atoms with van der Waals surface area (Å²) in [4.78, 5) is 35.6. The van der Waals surface area contributed by atoms with E-state index in [1.165, 1.54) is 11.1 Å². The fourth-order valence-electron chi connectivity index (χ4n) is 2.44. The van der Waals surface area contributed by atoms with Crippen molar-refractivity contribution in [2.24, 2.45) is 11.0 Å². The van der Waals surface area contributed by atoms with Crippen LogP contribution in [-0.2, 0) is 9.59 Å². The number of halogens is 1. The molecule has 4 amide bonds. The van der Waals surface area contributed by atoms with Gasteiger partial charge in [-0.15, -0.1) is 0 Å². The quantitative estimate of drug-likeness (QED) is 0.685. The molecule has 0 saturated carbocycles. The molecule has 9 heteroatoms. The van der Waals surface area contributed by atoms with Gasteiger partial charge in [0.15, 0.2) is 0 Å². The first-order chi connectivity index (χ1) is 11.4. The van der Waals surface area contributed by atoms with Gasteiger partial charge in [0, 0.05) is 5.02 Å². The van der Waals surface area contributed by atoms with Crippen LogP contribution in [0.1, 0.15) is 6.92 Å². The SMILES string of the molecule is CC1=NN(c2cccc(Cl)c2)C(=O)/C1=C\C1C(=O)NC(=O)NC1O. The van der Waals surface area contributed by atoms with Gasteiger partial charge < -0.3 is 10.4 Å². The van der Waals surface area contributed by atoms with E-state index in [0.29, 0.717) is 16.4 Å². The first kappa shape index (κ1) is 16.2. The highest BCUT2D eigenvalue weighted by molar-refractivity contribution is 6.32. The number of nitrogens with zero attached hydrogens (tertiary/aromatic N) is 2. The molecular formula is C15H13ClN4O4. The van der Waals surface area contributed by atoms with Crippen LogP contribution in [0, 0.1) is 5.92 Å². The fourth-order valence-corrected chi connectivity index (χ4v) is 2.62. The van der Waals surface area contributed by atoms with Gasteiger partial charge in [0.1, 0.15) is 12.1 Å². The Labute approximate surface area is 141 Å². The van der Waals surface area contributed by atoms with Gasteiger partial charge >= 0.3 is 6.03 Å². The Kier molecular flexibility index (Phi) is 4.08. The van der Waals surface area contributed by atoms with Crippen LogP contribution in [0.25, 0.3) is 0 Å². The summed E-state index contributed by atoms with van der Waals surface area (Å²) >= 11 is 5.92. The van der Waals surface area contributed by atoms with Crippen LogP contribution in [0.2, 0.25) is 5.02 Å². The highest BCUT2D eigenvalue weighted by Crippen LogP contribution is 2.27. The number of carbonyl (C=O) groups excluding carboxylic acids is 3. The second kappa shape index (κ2) is 6.06. The lowest BCUT2D eigenvalue weighted by atomic mass is 9.99. The molecule has 3 N–H and O–H groups in total. The molecule has 1 saturated heterocycles. The Hall–Kier alpha value is -2.71. The third kappa shape index (κ3) is 2.89. The standard InChI is InChI=1S/C15H13ClN4O4/c1-7-10(6-11-12(21)17-15(24)18-13(11)22)14(23)20(19-7)9-4-2-3-8(16)5-9/h2-6,11-12,21H,1H3,(H2,17,18,22,24)/b10-6-. The van der Waals surface area contributed by atoms with Crippen molar-refractivity contribution in [3.63, 3.8) is 0 Å². The second-order valence-corrected chi connectivity index (χ2v) is 5.73. The summed E-state index contributed by atoms with van der Waals surface area (Å²) in [6.07, 6.45) is -0.120. The van der Waals surface area contributed by atoms with Crippen molar-refractivity contribution >= 4 is 40.8 Å². The summed E-state index contributed by atoms with van der Waals surface area (Å²) in [5.74, 6) is -2.24. The van der Waals surface area contributed by atoms with Gasteiger partial charge in [-0.25, -0.2) is 4.79 Å². The van der Waals surface area contributed by atoms with Gasteiger partial charge in [-0.1, -0.05) is 23.7 Å². The Balaban J connectivity index is 1.90. The van der Waals surface area contributed by atoms with Crippen LogP contribution in [-0.4, -0.2) is 34.9 Å². The Morgan fingerprint density at radius 1 is 1.33 bits per heavy atom. The largest absolute Gasteiger partial charge is 0.372 e. The first-order valence-electron chi connectivity index (χ1n) is 7.03. The maximum Gasteiger partial charge on any atom is 0.323 e. The zero-order valence-corrected chi connectivity index (χ0v) is 13.2. The molecule has 0 radical (unpaired) electrons. The number of anilines is 1. The van der Waals surface area contributed by atoms with E-state index < -0.39 is 30.0 Å². The lowest BCUT2D eigenvalue weighted by molar-refractivity contribution is -0.127. The van der Waals surface area contributed by atoms with E-state index >= 15 is 0 Å². The van der Waals surface area contributed by atoms with Gasteiger partial charge in [0.25, 0.3) is 5.91 Å². The molecule has 1 fully saturated rings. The molecule has 0 aromatic heterocycles. The number of benzene rings is 1. The summed E-state index contributed by atoms with van der Waals surface area (Å²) in [6, 6.07) is 5.83. The number of imide groups is 1. The number of hydrazone groups is 1. The molecule has 1 aromatic rings. The molecule has 2 atom stereocenters. The van der Waals surface area contributed by atoms with Crippen LogP contribution >= 0.6 is 11.6 Å². The van der Waals surface area contributed by atoms with E-state index in [9.17, 15) is 19.5 Å². The molecule has 1 aromatic carbocycles. The van der Waals surface area contributed by atoms with Crippen LogP contribution in [0.4, 0.5) is 10.5 Å². The fraction of sp³-hybridized carbons (Fsp3) is 0.200. The van der Waals surface area contributed by atoms with Crippen LogP contribution in [0.3, 0.4) is 0 Å². The average Bonchev–Trinajstić information content (AvgIpc) is 2.78. The summed E-state index contributed by atoms with van der Waals surface area (Å²) in [6.45, 7) is 1.61. The molecule has 0 bridgehead atoms. The molecule has 0 aliphatic carbocycles. The normalized spacial score (nSPS) is 25.6. The predicted molar refractivity (Wildman–Crippen MR) is 86.3 cm³/mol. The minimum Gasteiger partial charge on any atom is -0.372 e. The van der Waals surface area contributed by atoms with Crippen molar-refractivity contribution in [1.29, 1.82) is 0 Å². The van der Waals surface area contributed by atoms with E-state index in [1.54, 1.807) is 31.2 Å². The number of rotatable bonds is 2. The van der Waals surface area contributed by atoms with E-state index in [-0.39, 0.29) is 5.57 Å². The minimum atomic E-state index is -1.42. The lowest BCUT2D eigenvalue weighted by Crippen LogP contribution is -2.57. The Bertz CT molecular complexity index is 804. The maximum absolute atomic E-state index is 12.6. The first-order valence-corrected chi connectivity index (χ1v) is 7.41. The second-order valence-electron chi connectivity index (χ2n) is 5.30. The third-order valence-corrected chi connectivity index (χ3v) is 3.86. The van der Waals surface area contributed by atoms with Gasteiger partial charge in [-0.2, -0.15) is 10.1 Å². The summed E-state index contributed by atoms with van der Waals surface area (Å²) in [7, 11) is 0. The monoisotopic (exact) mass is 348 g/mol. The van der Waals surface area contributed by atoms with Crippen molar-refractivity contribution in [2.75, 3.05) is 5.01 Å². The van der Waals surface area contributed by atoms with E-state index in [0.717, 1.165) is 0 Å². The van der Waals surface area contributed by atoms with Crippen LogP contribution in [0.5, 0.6) is 0 Å². The predicted octanol–water partition coefficient (Wildman–Crippen LogP) is 0.763. The van der Waals surface area contributed by atoms with Gasteiger partial charge in [0.05, 0.1) is 17.0 Å². The topological polar surface area (TPSA) is 111 Å². The molecule has 2 aliphatic rings. The summed E-state index contributed by atoms with van der Waals surface area (Å²) < 4.78 is 0. The number of carbonyl (C=O) groups is 3. The molecule has 2 heterocycles. The van der Waals surface area contributed by atoms with Gasteiger partial charge in [-0.05, 0) is 25.1 Å². The van der Waals surface area contributed by atoms with Crippen LogP contribution < -0.4 is 15.6 Å². The van der Waals surface area contributed by atoms with E-state index in [1.807, 2.05) is 5.32 Å². The van der Waals surface area contributed by atoms with Gasteiger partial charge in [-0.3, -0.25) is 14.9 Å². The molecule has 0 spiro atoms. The highest BCUT2D eigenvalue weighted by atomic mass is 35.5.